The summed E-state index contributed by atoms with van der Waals surface area (Å²) in [6.07, 6.45) is 0.536. The van der Waals surface area contributed by atoms with E-state index in [4.69, 9.17) is 8.61 Å². The predicted molar refractivity (Wildman–Crippen MR) is 111 cm³/mol. The van der Waals surface area contributed by atoms with Gasteiger partial charge >= 0.3 is 0 Å². The van der Waals surface area contributed by atoms with Crippen molar-refractivity contribution >= 4 is 18.4 Å². The van der Waals surface area contributed by atoms with Crippen LogP contribution in [0.5, 0.6) is 0 Å². The summed E-state index contributed by atoms with van der Waals surface area (Å²) in [6, 6.07) is 6.71. The standard InChI is InChI=1S/C20H36O4SSi/c1-15(2)26(16(3)4,17(5)6)24-19(8)13-14-23-25(21,22)20-11-9-18(7)10-12-20/h9-12,15-17,19H,13-14H2,1-8H3/t19-/m1/s1. The minimum Gasteiger partial charge on any atom is -0.413 e. The molecule has 0 aliphatic carbocycles. The van der Waals surface area contributed by atoms with E-state index in [2.05, 4.69) is 41.5 Å². The molecule has 0 saturated carbocycles. The van der Waals surface area contributed by atoms with E-state index in [1.807, 2.05) is 13.8 Å². The first kappa shape index (κ1) is 23.3. The van der Waals surface area contributed by atoms with Gasteiger partial charge in [0.15, 0.2) is 0 Å². The molecule has 0 spiro atoms. The summed E-state index contributed by atoms with van der Waals surface area (Å²) in [5, 5.41) is 0. The van der Waals surface area contributed by atoms with Crippen molar-refractivity contribution in [2.75, 3.05) is 6.61 Å². The SMILES string of the molecule is Cc1ccc(S(=O)(=O)OCC[C@@H](C)O[Si](C(C)C)(C(C)C)C(C)C)cc1. The van der Waals surface area contributed by atoms with E-state index in [-0.39, 0.29) is 17.6 Å². The van der Waals surface area contributed by atoms with Crippen LogP contribution >= 0.6 is 0 Å². The Kier molecular flexibility index (Phi) is 8.52. The van der Waals surface area contributed by atoms with Gasteiger partial charge in [-0.3, -0.25) is 4.18 Å². The third-order valence-electron chi connectivity index (χ3n) is 5.18. The fraction of sp³-hybridized carbons (Fsp3) is 0.700. The molecule has 1 atom stereocenters. The summed E-state index contributed by atoms with van der Waals surface area (Å²) in [5.74, 6) is 0. The van der Waals surface area contributed by atoms with Gasteiger partial charge in [-0.05, 0) is 49.0 Å². The first-order valence-electron chi connectivity index (χ1n) is 9.57. The molecule has 0 N–H and O–H groups in total. The predicted octanol–water partition coefficient (Wildman–Crippen LogP) is 5.67. The maximum absolute atomic E-state index is 12.3. The van der Waals surface area contributed by atoms with E-state index in [1.54, 1.807) is 24.3 Å². The largest absolute Gasteiger partial charge is 0.413 e. The Morgan fingerprint density at radius 3 is 1.77 bits per heavy atom. The van der Waals surface area contributed by atoms with Crippen LogP contribution in [0.25, 0.3) is 0 Å². The molecule has 0 unspecified atom stereocenters. The molecule has 0 aliphatic rings. The lowest BCUT2D eigenvalue weighted by atomic mass is 10.2. The van der Waals surface area contributed by atoms with Crippen molar-refractivity contribution < 1.29 is 17.0 Å². The zero-order valence-electron chi connectivity index (χ0n) is 17.6. The van der Waals surface area contributed by atoms with Crippen LogP contribution in [0.15, 0.2) is 29.2 Å². The zero-order chi connectivity index (χ0) is 20.1. The highest BCUT2D eigenvalue weighted by Crippen LogP contribution is 2.43. The van der Waals surface area contributed by atoms with E-state index >= 15 is 0 Å². The van der Waals surface area contributed by atoms with Crippen molar-refractivity contribution in [1.29, 1.82) is 0 Å². The van der Waals surface area contributed by atoms with Crippen LogP contribution in [0.2, 0.25) is 16.6 Å². The van der Waals surface area contributed by atoms with Crippen LogP contribution in [0.4, 0.5) is 0 Å². The molecule has 1 rings (SSSR count). The van der Waals surface area contributed by atoms with Gasteiger partial charge in [0.25, 0.3) is 10.1 Å². The lowest BCUT2D eigenvalue weighted by Crippen LogP contribution is -2.49. The molecule has 0 fully saturated rings. The van der Waals surface area contributed by atoms with Gasteiger partial charge < -0.3 is 4.43 Å². The molecule has 0 saturated heterocycles. The second kappa shape index (κ2) is 9.49. The van der Waals surface area contributed by atoms with E-state index in [0.29, 0.717) is 23.0 Å². The topological polar surface area (TPSA) is 52.6 Å². The van der Waals surface area contributed by atoms with Gasteiger partial charge in [0.05, 0.1) is 11.5 Å². The third-order valence-corrected chi connectivity index (χ3v) is 12.7. The number of rotatable bonds is 10. The smallest absolute Gasteiger partial charge is 0.296 e. The van der Waals surface area contributed by atoms with Crippen LogP contribution in [-0.4, -0.2) is 29.4 Å². The molecule has 6 heteroatoms. The van der Waals surface area contributed by atoms with Gasteiger partial charge in [0.1, 0.15) is 0 Å². The minimum atomic E-state index is -3.71. The second-order valence-electron chi connectivity index (χ2n) is 8.12. The number of aryl methyl sites for hydroxylation is 1. The van der Waals surface area contributed by atoms with Gasteiger partial charge in [-0.1, -0.05) is 59.2 Å². The zero-order valence-corrected chi connectivity index (χ0v) is 19.4. The second-order valence-corrected chi connectivity index (χ2v) is 15.1. The number of benzene rings is 1. The first-order chi connectivity index (χ1) is 11.9. The maximum atomic E-state index is 12.3. The molecule has 1 aromatic rings. The van der Waals surface area contributed by atoms with Gasteiger partial charge in [-0.2, -0.15) is 8.42 Å². The highest BCUT2D eigenvalue weighted by Gasteiger charge is 2.45. The van der Waals surface area contributed by atoms with Crippen molar-refractivity contribution in [2.45, 2.75) is 89.4 Å². The van der Waals surface area contributed by atoms with Crippen LogP contribution < -0.4 is 0 Å². The molecule has 0 bridgehead atoms. The molecule has 150 valence electrons. The van der Waals surface area contributed by atoms with Crippen molar-refractivity contribution in [3.63, 3.8) is 0 Å². The van der Waals surface area contributed by atoms with Crippen LogP contribution in [0, 0.1) is 6.92 Å². The van der Waals surface area contributed by atoms with Crippen molar-refractivity contribution in [1.82, 2.24) is 0 Å². The molecule has 0 heterocycles. The molecule has 0 amide bonds. The Hall–Kier alpha value is -0.693. The highest BCUT2D eigenvalue weighted by atomic mass is 32.2. The fourth-order valence-electron chi connectivity index (χ4n) is 3.91. The van der Waals surface area contributed by atoms with Gasteiger partial charge in [-0.15, -0.1) is 0 Å². The Balaban J connectivity index is 2.71. The van der Waals surface area contributed by atoms with Crippen LogP contribution in [0.3, 0.4) is 0 Å². The van der Waals surface area contributed by atoms with E-state index in [1.165, 1.54) is 0 Å². The van der Waals surface area contributed by atoms with E-state index in [0.717, 1.165) is 5.56 Å². The lowest BCUT2D eigenvalue weighted by molar-refractivity contribution is 0.157. The first-order valence-corrected chi connectivity index (χ1v) is 13.1. The Bertz CT molecular complexity index is 629. The molecule has 0 radical (unpaired) electrons. The molecule has 26 heavy (non-hydrogen) atoms. The molecule has 4 nitrogen and oxygen atoms in total. The molecular weight excluding hydrogens is 364 g/mol. The summed E-state index contributed by atoms with van der Waals surface area (Å²) in [5.41, 5.74) is 2.52. The van der Waals surface area contributed by atoms with E-state index in [9.17, 15) is 8.42 Å². The maximum Gasteiger partial charge on any atom is 0.296 e. The number of hydrogen-bond acceptors (Lipinski definition) is 4. The molecule has 0 aliphatic heterocycles. The van der Waals surface area contributed by atoms with Crippen LogP contribution in [0.1, 0.15) is 60.5 Å². The summed E-state index contributed by atoms with van der Waals surface area (Å²) < 4.78 is 36.4. The molecule has 1 aromatic carbocycles. The summed E-state index contributed by atoms with van der Waals surface area (Å²) in [6.45, 7) is 17.6. The lowest BCUT2D eigenvalue weighted by Gasteiger charge is -2.44. The van der Waals surface area contributed by atoms with Crippen molar-refractivity contribution in [2.24, 2.45) is 0 Å². The Morgan fingerprint density at radius 2 is 1.35 bits per heavy atom. The van der Waals surface area contributed by atoms with Crippen molar-refractivity contribution in [3.8, 4) is 0 Å². The van der Waals surface area contributed by atoms with Gasteiger partial charge in [0.2, 0.25) is 8.32 Å². The average Bonchev–Trinajstić information content (AvgIpc) is 2.51. The summed E-state index contributed by atoms with van der Waals surface area (Å²) in [4.78, 5) is 0.201. The quantitative estimate of drug-likeness (QED) is 0.375. The average molecular weight is 401 g/mol. The summed E-state index contributed by atoms with van der Waals surface area (Å²) >= 11 is 0. The normalized spacial score (nSPS) is 14.4. The fourth-order valence-corrected chi connectivity index (χ4v) is 10.5. The Morgan fingerprint density at radius 1 is 0.885 bits per heavy atom. The van der Waals surface area contributed by atoms with Gasteiger partial charge in [-0.25, -0.2) is 0 Å². The monoisotopic (exact) mass is 400 g/mol. The Labute approximate surface area is 161 Å². The third kappa shape index (κ3) is 5.65. The molecule has 0 aromatic heterocycles. The highest BCUT2D eigenvalue weighted by molar-refractivity contribution is 7.86. The van der Waals surface area contributed by atoms with Crippen LogP contribution in [-0.2, 0) is 18.7 Å². The van der Waals surface area contributed by atoms with E-state index < -0.39 is 18.4 Å². The van der Waals surface area contributed by atoms with Crippen molar-refractivity contribution in [3.05, 3.63) is 29.8 Å². The number of hydrogen-bond donors (Lipinski definition) is 0. The summed E-state index contributed by atoms with van der Waals surface area (Å²) in [7, 11) is -5.67. The molecular formula is C20H36O4SSi. The van der Waals surface area contributed by atoms with Gasteiger partial charge in [0, 0.05) is 6.10 Å². The minimum absolute atomic E-state index is 0.0258.